The number of aryl methyl sites for hydroxylation is 2. The lowest BCUT2D eigenvalue weighted by Crippen LogP contribution is -2.55. The van der Waals surface area contributed by atoms with Crippen LogP contribution < -0.4 is 16.2 Å². The Balaban J connectivity index is 1.25. The Morgan fingerprint density at radius 1 is 1.13 bits per heavy atom. The summed E-state index contributed by atoms with van der Waals surface area (Å²) in [5.74, 6) is -3.91. The number of amides is 2. The monoisotopic (exact) mass is 777 g/mol. The first kappa shape index (κ1) is 38.0. The number of nitriles is 1. The zero-order valence-corrected chi connectivity index (χ0v) is 29.5. The van der Waals surface area contributed by atoms with Gasteiger partial charge in [0.15, 0.2) is 16.7 Å². The van der Waals surface area contributed by atoms with Gasteiger partial charge in [-0.05, 0) is 44.0 Å². The molecule has 0 aromatic carbocycles. The third-order valence-electron chi connectivity index (χ3n) is 8.85. The van der Waals surface area contributed by atoms with Crippen molar-refractivity contribution >= 4 is 34.4 Å². The predicted molar refractivity (Wildman–Crippen MR) is 178 cm³/mol. The lowest BCUT2D eigenvalue weighted by Gasteiger charge is -2.30. The molecule has 54 heavy (non-hydrogen) atoms. The average Bonchev–Trinajstić information content (AvgIpc) is 3.38. The number of hydrogen-bond acceptors (Lipinski definition) is 8. The van der Waals surface area contributed by atoms with Gasteiger partial charge >= 0.3 is 12.7 Å². The first-order valence-electron chi connectivity index (χ1n) is 16.1. The zero-order valence-electron chi connectivity index (χ0n) is 28.8. The molecule has 284 valence electrons. The van der Waals surface area contributed by atoms with Crippen LogP contribution in [-0.4, -0.2) is 62.3 Å². The van der Waals surface area contributed by atoms with Crippen LogP contribution in [0.4, 0.5) is 26.3 Å². The molecule has 2 N–H and O–H groups in total. The minimum absolute atomic E-state index is 0.0983. The average molecular weight is 778 g/mol. The molecule has 6 rings (SSSR count). The van der Waals surface area contributed by atoms with Crippen molar-refractivity contribution in [3.05, 3.63) is 80.6 Å². The highest BCUT2D eigenvalue weighted by Crippen LogP contribution is 2.48. The van der Waals surface area contributed by atoms with Gasteiger partial charge in [-0.3, -0.25) is 23.7 Å². The zero-order chi connectivity index (χ0) is 39.4. The third-order valence-corrected chi connectivity index (χ3v) is 9.11. The Hall–Kier alpha value is -5.71. The maximum absolute atomic E-state index is 14.4. The molecule has 0 aliphatic heterocycles. The summed E-state index contributed by atoms with van der Waals surface area (Å²) < 4.78 is 85.9. The minimum Gasteiger partial charge on any atom is -0.348 e. The second kappa shape index (κ2) is 13.9. The van der Waals surface area contributed by atoms with Crippen molar-refractivity contribution in [1.82, 2.24) is 49.5 Å². The van der Waals surface area contributed by atoms with E-state index in [-0.39, 0.29) is 40.4 Å². The Labute approximate surface area is 306 Å². The first-order chi connectivity index (χ1) is 25.3. The summed E-state index contributed by atoms with van der Waals surface area (Å²) >= 11 is 6.22. The molecular formula is C33H30ClF6N11O3. The highest BCUT2D eigenvalue weighted by atomic mass is 35.5. The van der Waals surface area contributed by atoms with Crippen molar-refractivity contribution in [2.75, 3.05) is 0 Å². The molecule has 5 aromatic rings. The van der Waals surface area contributed by atoms with Crippen molar-refractivity contribution in [2.45, 2.75) is 63.5 Å². The number of halogens is 7. The van der Waals surface area contributed by atoms with Crippen LogP contribution in [0.15, 0.2) is 41.6 Å². The molecule has 5 heterocycles. The van der Waals surface area contributed by atoms with Gasteiger partial charge in [-0.25, -0.2) is 14.1 Å². The number of alkyl halides is 5. The Bertz CT molecular complexity index is 2360. The Morgan fingerprint density at radius 2 is 1.85 bits per heavy atom. The van der Waals surface area contributed by atoms with Gasteiger partial charge in [0, 0.05) is 50.3 Å². The van der Waals surface area contributed by atoms with Crippen molar-refractivity contribution in [2.24, 2.45) is 20.0 Å². The van der Waals surface area contributed by atoms with E-state index in [4.69, 9.17) is 11.6 Å². The molecule has 0 unspecified atom stereocenters. The fourth-order valence-electron chi connectivity index (χ4n) is 6.17. The van der Waals surface area contributed by atoms with E-state index in [9.17, 15) is 46.0 Å². The molecule has 1 saturated carbocycles. The fourth-order valence-corrected chi connectivity index (χ4v) is 6.43. The summed E-state index contributed by atoms with van der Waals surface area (Å²) in [6.45, 7) is -0.468. The molecule has 1 aliphatic carbocycles. The molecule has 1 fully saturated rings. The number of pyridine rings is 2. The lowest BCUT2D eigenvalue weighted by atomic mass is 10.0. The largest absolute Gasteiger partial charge is 0.435 e. The predicted octanol–water partition coefficient (Wildman–Crippen LogP) is 4.23. The molecule has 2 amide bonds. The summed E-state index contributed by atoms with van der Waals surface area (Å²) in [4.78, 5) is 43.9. The van der Waals surface area contributed by atoms with E-state index in [2.05, 4.69) is 37.0 Å². The SMILES string of the molecule is Cn1cc(-c2cc(C(F)(F)F)nn2CC(C)(C)NC(=O)[C@@H](Cc2cnn(C(F)F)c2)NC(=O)[C@H]2C[C@@H]2c2nc3c(Cl)nn(C)c3cc2C#N)cc(F)c1=O. The van der Waals surface area contributed by atoms with E-state index >= 15 is 0 Å². The van der Waals surface area contributed by atoms with Gasteiger partial charge in [0.25, 0.3) is 5.56 Å². The van der Waals surface area contributed by atoms with Crippen molar-refractivity contribution in [3.8, 4) is 17.3 Å². The van der Waals surface area contributed by atoms with Crippen molar-refractivity contribution < 1.29 is 35.9 Å². The quantitative estimate of drug-likeness (QED) is 0.188. The van der Waals surface area contributed by atoms with Crippen LogP contribution >= 0.6 is 11.6 Å². The second-order valence-electron chi connectivity index (χ2n) is 13.6. The topological polar surface area (TPSA) is 170 Å². The lowest BCUT2D eigenvalue weighted by molar-refractivity contribution is -0.141. The highest BCUT2D eigenvalue weighted by Gasteiger charge is 2.47. The fraction of sp³-hybridized carbons (Fsp3) is 0.394. The van der Waals surface area contributed by atoms with E-state index in [0.717, 1.165) is 33.9 Å². The smallest absolute Gasteiger partial charge is 0.348 e. The third kappa shape index (κ3) is 7.67. The Kier molecular flexibility index (Phi) is 9.81. The molecule has 0 radical (unpaired) electrons. The number of aromatic nitrogens is 8. The van der Waals surface area contributed by atoms with Gasteiger partial charge in [0.05, 0.1) is 40.7 Å². The van der Waals surface area contributed by atoms with Crippen LogP contribution in [0.25, 0.3) is 22.3 Å². The molecule has 21 heteroatoms. The van der Waals surface area contributed by atoms with Crippen LogP contribution in [0.1, 0.15) is 55.3 Å². The number of nitrogens with one attached hydrogen (secondary N) is 2. The summed E-state index contributed by atoms with van der Waals surface area (Å²) in [5.41, 5.74) is -2.51. The molecule has 0 spiro atoms. The highest BCUT2D eigenvalue weighted by molar-refractivity contribution is 6.33. The van der Waals surface area contributed by atoms with Crippen LogP contribution in [0.5, 0.6) is 0 Å². The standard InChI is InChI=1S/C33H30ClF6N11O3/c1-32(2,14-51-22(9-24(46-51)33(38,39)40)17-6-20(35)30(54)48(3)13-17)45-29(53)21(5-15-11-42-50(12-15)31(36)37)43-28(52)19-8-18(19)25-16(10-41)7-23-26(44-25)27(34)47-49(23)4/h6-7,9,11-13,18-19,21,31H,5,8,14H2,1-4H3,(H,43,52)(H,45,53)/t18-,19-,21+/m0/s1. The molecule has 5 aromatic heterocycles. The van der Waals surface area contributed by atoms with Crippen LogP contribution in [0.2, 0.25) is 5.15 Å². The molecule has 0 saturated heterocycles. The number of rotatable bonds is 11. The number of carbonyl (C=O) groups excluding carboxylic acids is 2. The van der Waals surface area contributed by atoms with E-state index < -0.39 is 71.6 Å². The van der Waals surface area contributed by atoms with E-state index in [1.807, 2.05) is 0 Å². The molecule has 1 aliphatic rings. The number of fused-ring (bicyclic) bond motifs is 1. The van der Waals surface area contributed by atoms with E-state index in [0.29, 0.717) is 27.5 Å². The normalized spacial score (nSPS) is 16.4. The van der Waals surface area contributed by atoms with Gasteiger partial charge in [-0.1, -0.05) is 11.6 Å². The molecule has 14 nitrogen and oxygen atoms in total. The van der Waals surface area contributed by atoms with Crippen LogP contribution in [0.3, 0.4) is 0 Å². The maximum Gasteiger partial charge on any atom is 0.435 e. The van der Waals surface area contributed by atoms with E-state index in [1.165, 1.54) is 25.6 Å². The number of hydrogen-bond donors (Lipinski definition) is 2. The minimum atomic E-state index is -4.90. The second-order valence-corrected chi connectivity index (χ2v) is 13.9. The first-order valence-corrected chi connectivity index (χ1v) is 16.5. The van der Waals surface area contributed by atoms with E-state index in [1.54, 1.807) is 13.1 Å². The van der Waals surface area contributed by atoms with Gasteiger partial charge in [-0.15, -0.1) is 0 Å². The molecule has 3 atom stereocenters. The van der Waals surface area contributed by atoms with Gasteiger partial charge in [-0.2, -0.15) is 42.5 Å². The van der Waals surface area contributed by atoms with Crippen molar-refractivity contribution in [1.29, 1.82) is 5.26 Å². The Morgan fingerprint density at radius 3 is 2.48 bits per heavy atom. The maximum atomic E-state index is 14.4. The number of nitrogens with zero attached hydrogens (tertiary/aromatic N) is 9. The summed E-state index contributed by atoms with van der Waals surface area (Å²) in [6, 6.07) is 3.68. The van der Waals surface area contributed by atoms with Gasteiger partial charge in [0.1, 0.15) is 17.6 Å². The van der Waals surface area contributed by atoms with Gasteiger partial charge in [0.2, 0.25) is 11.8 Å². The summed E-state index contributed by atoms with van der Waals surface area (Å²) in [6.07, 6.45) is -1.71. The summed E-state index contributed by atoms with van der Waals surface area (Å²) in [5, 5.41) is 26.6. The van der Waals surface area contributed by atoms with Gasteiger partial charge < -0.3 is 15.2 Å². The molecule has 0 bridgehead atoms. The van der Waals surface area contributed by atoms with Crippen molar-refractivity contribution in [3.63, 3.8) is 0 Å². The molecular weight excluding hydrogens is 748 g/mol. The summed E-state index contributed by atoms with van der Waals surface area (Å²) in [7, 11) is 2.85. The van der Waals surface area contributed by atoms with Crippen LogP contribution in [-0.2, 0) is 42.8 Å². The van der Waals surface area contributed by atoms with Crippen LogP contribution in [0, 0.1) is 23.1 Å². The number of carbonyl (C=O) groups is 2.